The van der Waals surface area contributed by atoms with Gasteiger partial charge < -0.3 is 10.6 Å². The molecule has 2 N–H and O–H groups in total. The molecule has 1 amide bonds. The first kappa shape index (κ1) is 13.8. The van der Waals surface area contributed by atoms with Crippen molar-refractivity contribution in [3.8, 4) is 0 Å². The van der Waals surface area contributed by atoms with E-state index in [9.17, 15) is 4.79 Å². The molecule has 1 aliphatic heterocycles. The Hall–Kier alpha value is -0.580. The fraction of sp³-hybridized carbons (Fsp3) is 0.462. The summed E-state index contributed by atoms with van der Waals surface area (Å²) in [6, 6.07) is 5.34. The predicted molar refractivity (Wildman–Crippen MR) is 76.8 cm³/mol. The minimum atomic E-state index is 0.00593. The van der Waals surface area contributed by atoms with Crippen LogP contribution in [-0.4, -0.2) is 29.9 Å². The van der Waals surface area contributed by atoms with Crippen molar-refractivity contribution in [1.29, 1.82) is 0 Å². The van der Waals surface area contributed by atoms with Gasteiger partial charge in [-0.05, 0) is 46.5 Å². The van der Waals surface area contributed by atoms with Crippen molar-refractivity contribution in [2.75, 3.05) is 13.1 Å². The lowest BCUT2D eigenvalue weighted by atomic mass is 9.96. The molecule has 1 fully saturated rings. The average molecular weight is 332 g/mol. The lowest BCUT2D eigenvalue weighted by molar-refractivity contribution is 0.0661. The molecule has 0 bridgehead atoms. The van der Waals surface area contributed by atoms with Gasteiger partial charge in [0, 0.05) is 29.2 Å². The van der Waals surface area contributed by atoms with Crippen LogP contribution in [0.3, 0.4) is 0 Å². The van der Waals surface area contributed by atoms with E-state index in [2.05, 4.69) is 22.9 Å². The number of rotatable bonds is 1. The van der Waals surface area contributed by atoms with Gasteiger partial charge in [0.05, 0.1) is 5.02 Å². The number of likely N-dealkylation sites (tertiary alicyclic amines) is 1. The van der Waals surface area contributed by atoms with Crippen LogP contribution in [0.2, 0.25) is 5.02 Å². The zero-order chi connectivity index (χ0) is 13.3. The van der Waals surface area contributed by atoms with Gasteiger partial charge in [0.1, 0.15) is 0 Å². The van der Waals surface area contributed by atoms with Crippen LogP contribution in [0.5, 0.6) is 0 Å². The molecule has 0 saturated carbocycles. The number of nitrogens with two attached hydrogens (primary N) is 1. The number of hydrogen-bond donors (Lipinski definition) is 1. The smallest absolute Gasteiger partial charge is 0.253 e. The zero-order valence-corrected chi connectivity index (χ0v) is 12.5. The van der Waals surface area contributed by atoms with E-state index in [1.54, 1.807) is 18.2 Å². The molecule has 0 aromatic heterocycles. The molecule has 2 unspecified atom stereocenters. The Bertz CT molecular complexity index is 456. The van der Waals surface area contributed by atoms with Crippen LogP contribution in [0, 0.1) is 5.92 Å². The molecule has 18 heavy (non-hydrogen) atoms. The van der Waals surface area contributed by atoms with E-state index in [1.165, 1.54) is 0 Å². The Labute approximate surface area is 120 Å². The predicted octanol–water partition coefficient (Wildman–Crippen LogP) is 2.91. The summed E-state index contributed by atoms with van der Waals surface area (Å²) >= 11 is 9.33. The van der Waals surface area contributed by atoms with Crippen molar-refractivity contribution in [2.24, 2.45) is 11.7 Å². The number of piperidine rings is 1. The molecule has 2 rings (SSSR count). The topological polar surface area (TPSA) is 46.3 Å². The van der Waals surface area contributed by atoms with Gasteiger partial charge in [-0.3, -0.25) is 4.79 Å². The third-order valence-corrected chi connectivity index (χ3v) is 4.38. The van der Waals surface area contributed by atoms with E-state index in [-0.39, 0.29) is 11.9 Å². The second-order valence-electron chi connectivity index (χ2n) is 4.94. The highest BCUT2D eigenvalue weighted by Gasteiger charge is 2.26. The van der Waals surface area contributed by atoms with E-state index >= 15 is 0 Å². The summed E-state index contributed by atoms with van der Waals surface area (Å²) in [5.74, 6) is 0.454. The first-order chi connectivity index (χ1) is 8.47. The minimum Gasteiger partial charge on any atom is -0.337 e. The number of benzene rings is 1. The number of halogens is 2. The van der Waals surface area contributed by atoms with Crippen molar-refractivity contribution in [3.63, 3.8) is 0 Å². The Morgan fingerprint density at radius 3 is 2.83 bits per heavy atom. The third kappa shape index (κ3) is 3.05. The largest absolute Gasteiger partial charge is 0.337 e. The molecule has 1 aliphatic rings. The van der Waals surface area contributed by atoms with Gasteiger partial charge >= 0.3 is 0 Å². The fourth-order valence-electron chi connectivity index (χ4n) is 2.38. The van der Waals surface area contributed by atoms with Gasteiger partial charge in [-0.2, -0.15) is 0 Å². The summed E-state index contributed by atoms with van der Waals surface area (Å²) in [5.41, 5.74) is 6.57. The van der Waals surface area contributed by atoms with Gasteiger partial charge in [0.2, 0.25) is 0 Å². The van der Waals surface area contributed by atoms with Crippen LogP contribution >= 0.6 is 27.5 Å². The molecule has 0 radical (unpaired) electrons. The number of amides is 1. The van der Waals surface area contributed by atoms with Gasteiger partial charge in [0.15, 0.2) is 0 Å². The Balaban J connectivity index is 2.17. The van der Waals surface area contributed by atoms with Crippen molar-refractivity contribution in [1.82, 2.24) is 4.90 Å². The molecule has 1 saturated heterocycles. The van der Waals surface area contributed by atoms with Gasteiger partial charge in [0.25, 0.3) is 5.91 Å². The quantitative estimate of drug-likeness (QED) is 0.860. The number of carbonyl (C=O) groups excluding carboxylic acids is 1. The molecule has 1 aromatic rings. The molecule has 3 nitrogen and oxygen atoms in total. The van der Waals surface area contributed by atoms with Crippen LogP contribution in [-0.2, 0) is 0 Å². The Kier molecular flexibility index (Phi) is 4.30. The molecule has 2 atom stereocenters. The normalized spacial score (nSPS) is 24.1. The van der Waals surface area contributed by atoms with Crippen LogP contribution in [0.15, 0.2) is 22.7 Å². The van der Waals surface area contributed by atoms with E-state index in [0.717, 1.165) is 17.4 Å². The number of hydrogen-bond acceptors (Lipinski definition) is 2. The van der Waals surface area contributed by atoms with E-state index < -0.39 is 0 Å². The molecule has 0 spiro atoms. The Morgan fingerprint density at radius 2 is 2.22 bits per heavy atom. The van der Waals surface area contributed by atoms with Crippen molar-refractivity contribution in [2.45, 2.75) is 19.4 Å². The monoisotopic (exact) mass is 330 g/mol. The molecule has 0 aliphatic carbocycles. The molecule has 98 valence electrons. The summed E-state index contributed by atoms with van der Waals surface area (Å²) in [6.45, 7) is 3.50. The molecular formula is C13H16BrClN2O. The third-order valence-electron chi connectivity index (χ3n) is 3.15. The SMILES string of the molecule is CC1CC(N)CN(C(=O)c2ccc(Br)c(Cl)c2)C1. The Morgan fingerprint density at radius 1 is 1.50 bits per heavy atom. The molecular weight excluding hydrogens is 316 g/mol. The van der Waals surface area contributed by atoms with Crippen molar-refractivity contribution < 1.29 is 4.79 Å². The highest BCUT2D eigenvalue weighted by molar-refractivity contribution is 9.10. The van der Waals surface area contributed by atoms with Crippen LogP contribution < -0.4 is 5.73 Å². The van der Waals surface area contributed by atoms with Gasteiger partial charge in [-0.25, -0.2) is 0 Å². The van der Waals surface area contributed by atoms with Crippen molar-refractivity contribution in [3.05, 3.63) is 33.3 Å². The summed E-state index contributed by atoms with van der Waals surface area (Å²) in [6.07, 6.45) is 0.977. The van der Waals surface area contributed by atoms with E-state index in [1.807, 2.05) is 4.90 Å². The van der Waals surface area contributed by atoms with Gasteiger partial charge in [-0.15, -0.1) is 0 Å². The standard InChI is InChI=1S/C13H16BrClN2O/c1-8-4-10(16)7-17(6-8)13(18)9-2-3-11(14)12(15)5-9/h2-3,5,8,10H,4,6-7,16H2,1H3. The van der Waals surface area contributed by atoms with E-state index in [4.69, 9.17) is 17.3 Å². The fourth-order valence-corrected chi connectivity index (χ4v) is 2.80. The molecule has 1 heterocycles. The lowest BCUT2D eigenvalue weighted by Gasteiger charge is -2.34. The summed E-state index contributed by atoms with van der Waals surface area (Å²) < 4.78 is 0.796. The molecule has 1 aromatic carbocycles. The summed E-state index contributed by atoms with van der Waals surface area (Å²) in [7, 11) is 0. The van der Waals surface area contributed by atoms with Crippen molar-refractivity contribution >= 4 is 33.4 Å². The summed E-state index contributed by atoms with van der Waals surface area (Å²) in [4.78, 5) is 14.2. The summed E-state index contributed by atoms with van der Waals surface area (Å²) in [5, 5.41) is 0.551. The number of carbonyl (C=O) groups is 1. The maximum absolute atomic E-state index is 12.4. The highest BCUT2D eigenvalue weighted by atomic mass is 79.9. The van der Waals surface area contributed by atoms with Crippen LogP contribution in [0.25, 0.3) is 0 Å². The second kappa shape index (κ2) is 5.59. The first-order valence-corrected chi connectivity index (χ1v) is 7.14. The average Bonchev–Trinajstić information content (AvgIpc) is 2.30. The van der Waals surface area contributed by atoms with E-state index in [0.29, 0.717) is 23.0 Å². The maximum atomic E-state index is 12.4. The minimum absolute atomic E-state index is 0.00593. The molecule has 5 heteroatoms. The maximum Gasteiger partial charge on any atom is 0.253 e. The first-order valence-electron chi connectivity index (χ1n) is 5.97. The van der Waals surface area contributed by atoms with Crippen LogP contribution in [0.1, 0.15) is 23.7 Å². The number of nitrogens with zero attached hydrogens (tertiary/aromatic N) is 1. The highest BCUT2D eigenvalue weighted by Crippen LogP contribution is 2.25. The van der Waals surface area contributed by atoms with Gasteiger partial charge in [-0.1, -0.05) is 18.5 Å². The second-order valence-corrected chi connectivity index (χ2v) is 6.20. The van der Waals surface area contributed by atoms with Crippen LogP contribution in [0.4, 0.5) is 0 Å². The zero-order valence-electron chi connectivity index (χ0n) is 10.2. The lowest BCUT2D eigenvalue weighted by Crippen LogP contribution is -2.48.